The van der Waals surface area contributed by atoms with Gasteiger partial charge >= 0.3 is 0 Å². The number of methoxy groups -OCH3 is 1. The Morgan fingerprint density at radius 3 is 2.24 bits per heavy atom. The van der Waals surface area contributed by atoms with Crippen molar-refractivity contribution in [1.29, 1.82) is 0 Å². The number of rotatable bonds is 6. The topological polar surface area (TPSA) is 105 Å². The van der Waals surface area contributed by atoms with Crippen LogP contribution in [0.5, 0.6) is 5.75 Å². The molecule has 0 unspecified atom stereocenters. The third-order valence-electron chi connectivity index (χ3n) is 3.87. The number of hydrogen-bond acceptors (Lipinski definition) is 6. The summed E-state index contributed by atoms with van der Waals surface area (Å²) in [4.78, 5) is 32.4. The van der Waals surface area contributed by atoms with Crippen molar-refractivity contribution in [1.82, 2.24) is 9.97 Å². The van der Waals surface area contributed by atoms with Crippen molar-refractivity contribution in [3.8, 4) is 5.75 Å². The van der Waals surface area contributed by atoms with Crippen LogP contribution in [0.4, 0.5) is 22.9 Å². The minimum Gasteiger partial charge on any atom is -0.497 e. The minimum atomic E-state index is -0.381. The van der Waals surface area contributed by atoms with E-state index >= 15 is 0 Å². The Kier molecular flexibility index (Phi) is 6.03. The molecule has 0 saturated heterocycles. The molecule has 0 radical (unpaired) electrons. The van der Waals surface area contributed by atoms with Gasteiger partial charge in [-0.2, -0.15) is 0 Å². The van der Waals surface area contributed by atoms with Gasteiger partial charge in [0.05, 0.1) is 7.11 Å². The van der Waals surface area contributed by atoms with Crippen LogP contribution < -0.4 is 20.7 Å². The van der Waals surface area contributed by atoms with Crippen LogP contribution in [-0.2, 0) is 4.79 Å². The van der Waals surface area contributed by atoms with Crippen molar-refractivity contribution >= 4 is 34.7 Å². The highest BCUT2D eigenvalue weighted by Crippen LogP contribution is 2.20. The standard InChI is InChI=1S/C21H21N5O3/c1-13-22-19(12-20(23-13)25-15-7-9-18(29-3)10-8-15)21(28)26-17-6-4-5-16(11-17)24-14(2)27/h4-12H,1-3H3,(H,24,27)(H,26,28)(H,22,23,25). The molecule has 0 bridgehead atoms. The van der Waals surface area contributed by atoms with Crippen molar-refractivity contribution < 1.29 is 14.3 Å². The fourth-order valence-electron chi connectivity index (χ4n) is 2.64. The van der Waals surface area contributed by atoms with Gasteiger partial charge in [0.1, 0.15) is 23.1 Å². The molecule has 1 heterocycles. The van der Waals surface area contributed by atoms with Gasteiger partial charge in [0.2, 0.25) is 5.91 Å². The van der Waals surface area contributed by atoms with Gasteiger partial charge in [-0.15, -0.1) is 0 Å². The summed E-state index contributed by atoms with van der Waals surface area (Å²) >= 11 is 0. The molecule has 0 saturated carbocycles. The van der Waals surface area contributed by atoms with Crippen LogP contribution in [0.15, 0.2) is 54.6 Å². The molecule has 148 valence electrons. The lowest BCUT2D eigenvalue weighted by Gasteiger charge is -2.10. The average Bonchev–Trinajstić information content (AvgIpc) is 2.68. The monoisotopic (exact) mass is 391 g/mol. The number of aryl methyl sites for hydroxylation is 1. The average molecular weight is 391 g/mol. The number of nitrogens with one attached hydrogen (secondary N) is 3. The van der Waals surface area contributed by atoms with Crippen LogP contribution in [0.2, 0.25) is 0 Å². The number of aromatic nitrogens is 2. The van der Waals surface area contributed by atoms with Crippen LogP contribution in [0.1, 0.15) is 23.2 Å². The van der Waals surface area contributed by atoms with Crippen LogP contribution >= 0.6 is 0 Å². The lowest BCUT2D eigenvalue weighted by atomic mass is 10.2. The number of anilines is 4. The van der Waals surface area contributed by atoms with Gasteiger partial charge in [-0.1, -0.05) is 6.07 Å². The molecule has 0 fully saturated rings. The van der Waals surface area contributed by atoms with Crippen LogP contribution in [0.25, 0.3) is 0 Å². The smallest absolute Gasteiger partial charge is 0.274 e. The minimum absolute atomic E-state index is 0.186. The third kappa shape index (κ3) is 5.52. The Morgan fingerprint density at radius 2 is 1.59 bits per heavy atom. The van der Waals surface area contributed by atoms with E-state index in [2.05, 4.69) is 25.9 Å². The van der Waals surface area contributed by atoms with E-state index in [4.69, 9.17) is 4.74 Å². The van der Waals surface area contributed by atoms with E-state index < -0.39 is 0 Å². The molecule has 2 amide bonds. The maximum atomic E-state index is 12.7. The Morgan fingerprint density at radius 1 is 0.897 bits per heavy atom. The summed E-state index contributed by atoms with van der Waals surface area (Å²) in [6.45, 7) is 3.14. The first kappa shape index (κ1) is 19.8. The molecule has 0 aliphatic heterocycles. The van der Waals surface area contributed by atoms with Gasteiger partial charge in [-0.05, 0) is 49.4 Å². The van der Waals surface area contributed by atoms with Gasteiger partial charge in [-0.3, -0.25) is 9.59 Å². The summed E-state index contributed by atoms with van der Waals surface area (Å²) < 4.78 is 5.15. The molecule has 1 aromatic heterocycles. The maximum absolute atomic E-state index is 12.7. The Labute approximate surface area is 168 Å². The molecule has 3 N–H and O–H groups in total. The molecule has 29 heavy (non-hydrogen) atoms. The quantitative estimate of drug-likeness (QED) is 0.591. The highest BCUT2D eigenvalue weighted by Gasteiger charge is 2.12. The molecule has 2 aromatic carbocycles. The zero-order chi connectivity index (χ0) is 20.8. The first-order valence-corrected chi connectivity index (χ1v) is 8.89. The van der Waals surface area contributed by atoms with Gasteiger partial charge in [0, 0.05) is 30.1 Å². The Balaban J connectivity index is 1.76. The molecule has 3 aromatic rings. The highest BCUT2D eigenvalue weighted by molar-refractivity contribution is 6.03. The SMILES string of the molecule is COc1ccc(Nc2cc(C(=O)Nc3cccc(NC(C)=O)c3)nc(C)n2)cc1. The molecule has 0 spiro atoms. The summed E-state index contributed by atoms with van der Waals surface area (Å²) in [5.41, 5.74) is 2.16. The normalized spacial score (nSPS) is 10.2. The summed E-state index contributed by atoms with van der Waals surface area (Å²) in [5, 5.41) is 8.61. The zero-order valence-corrected chi connectivity index (χ0v) is 16.3. The lowest BCUT2D eigenvalue weighted by Crippen LogP contribution is -2.15. The zero-order valence-electron chi connectivity index (χ0n) is 16.3. The van der Waals surface area contributed by atoms with Crippen LogP contribution in [0, 0.1) is 6.92 Å². The second-order valence-corrected chi connectivity index (χ2v) is 6.26. The Hall–Kier alpha value is -3.94. The molecule has 0 atom stereocenters. The summed E-state index contributed by atoms with van der Waals surface area (Å²) in [6, 6.07) is 15.8. The van der Waals surface area contributed by atoms with E-state index in [1.54, 1.807) is 44.4 Å². The summed E-state index contributed by atoms with van der Waals surface area (Å²) in [5.74, 6) is 1.14. The van der Waals surface area contributed by atoms with Crippen LogP contribution in [-0.4, -0.2) is 28.9 Å². The largest absolute Gasteiger partial charge is 0.497 e. The molecule has 0 aliphatic rings. The van der Waals surface area contributed by atoms with Gasteiger partial charge in [-0.25, -0.2) is 9.97 Å². The van der Waals surface area contributed by atoms with E-state index in [1.807, 2.05) is 24.3 Å². The van der Waals surface area contributed by atoms with Crippen molar-refractivity contribution in [2.45, 2.75) is 13.8 Å². The van der Waals surface area contributed by atoms with E-state index in [0.29, 0.717) is 23.0 Å². The molecular formula is C21H21N5O3. The molecular weight excluding hydrogens is 370 g/mol. The Bertz CT molecular complexity index is 1030. The van der Waals surface area contributed by atoms with E-state index in [-0.39, 0.29) is 17.5 Å². The summed E-state index contributed by atoms with van der Waals surface area (Å²) in [7, 11) is 1.60. The van der Waals surface area contributed by atoms with Crippen LogP contribution in [0.3, 0.4) is 0 Å². The maximum Gasteiger partial charge on any atom is 0.274 e. The number of nitrogens with zero attached hydrogens (tertiary/aromatic N) is 2. The highest BCUT2D eigenvalue weighted by atomic mass is 16.5. The number of carbonyl (C=O) groups is 2. The van der Waals surface area contributed by atoms with Crippen molar-refractivity contribution in [3.63, 3.8) is 0 Å². The molecule has 3 rings (SSSR count). The fraction of sp³-hybridized carbons (Fsp3) is 0.143. The number of ether oxygens (including phenoxy) is 1. The second kappa shape index (κ2) is 8.83. The first-order chi connectivity index (χ1) is 13.9. The lowest BCUT2D eigenvalue weighted by molar-refractivity contribution is -0.114. The number of amides is 2. The first-order valence-electron chi connectivity index (χ1n) is 8.89. The van der Waals surface area contributed by atoms with E-state index in [9.17, 15) is 9.59 Å². The predicted molar refractivity (Wildman–Crippen MR) is 112 cm³/mol. The molecule has 8 nitrogen and oxygen atoms in total. The predicted octanol–water partition coefficient (Wildman–Crippen LogP) is 3.75. The van der Waals surface area contributed by atoms with Crippen molar-refractivity contribution in [2.24, 2.45) is 0 Å². The molecule has 0 aliphatic carbocycles. The van der Waals surface area contributed by atoms with E-state index in [0.717, 1.165) is 11.4 Å². The number of carbonyl (C=O) groups excluding carboxylic acids is 2. The van der Waals surface area contributed by atoms with Gasteiger partial charge < -0.3 is 20.7 Å². The third-order valence-corrected chi connectivity index (χ3v) is 3.87. The molecule has 8 heteroatoms. The van der Waals surface area contributed by atoms with E-state index in [1.165, 1.54) is 6.92 Å². The van der Waals surface area contributed by atoms with Gasteiger partial charge in [0.15, 0.2) is 0 Å². The fourth-order valence-corrected chi connectivity index (χ4v) is 2.64. The van der Waals surface area contributed by atoms with Crippen molar-refractivity contribution in [3.05, 3.63) is 66.1 Å². The second-order valence-electron chi connectivity index (χ2n) is 6.26. The number of benzene rings is 2. The summed E-state index contributed by atoms with van der Waals surface area (Å²) in [6.07, 6.45) is 0. The van der Waals surface area contributed by atoms with Crippen molar-refractivity contribution in [2.75, 3.05) is 23.1 Å². The van der Waals surface area contributed by atoms with Gasteiger partial charge in [0.25, 0.3) is 5.91 Å². The number of hydrogen-bond donors (Lipinski definition) is 3.